The number of carbonyl (C=O) groups excluding carboxylic acids is 1. The molecule has 0 radical (unpaired) electrons. The van der Waals surface area contributed by atoms with Gasteiger partial charge in [0, 0.05) is 24.0 Å². The van der Waals surface area contributed by atoms with Crippen LogP contribution in [0.3, 0.4) is 0 Å². The Morgan fingerprint density at radius 3 is 3.05 bits per heavy atom. The van der Waals surface area contributed by atoms with Crippen LogP contribution in [0.5, 0.6) is 0 Å². The van der Waals surface area contributed by atoms with Crippen molar-refractivity contribution in [2.24, 2.45) is 0 Å². The average Bonchev–Trinajstić information content (AvgIpc) is 2.93. The number of methoxy groups -OCH3 is 1. The highest BCUT2D eigenvalue weighted by Crippen LogP contribution is 2.19. The van der Waals surface area contributed by atoms with Crippen LogP contribution in [-0.2, 0) is 17.8 Å². The van der Waals surface area contributed by atoms with E-state index in [1.165, 1.54) is 19.2 Å². The molecular weight excluding hydrogens is 277 g/mol. The first kappa shape index (κ1) is 15.0. The molecule has 0 aliphatic rings. The van der Waals surface area contributed by atoms with E-state index in [-0.39, 0.29) is 12.2 Å². The number of aliphatic hydroxyl groups is 1. The molecule has 21 heavy (non-hydrogen) atoms. The molecule has 2 rings (SSSR count). The normalized spacial score (nSPS) is 10.4. The highest BCUT2D eigenvalue weighted by Gasteiger charge is 2.13. The molecule has 6 nitrogen and oxygen atoms in total. The first-order valence-electron chi connectivity index (χ1n) is 6.38. The standard InChI is InChI=1S/C14H16FN3O3/c1-21-14(20)12-6-11(15)2-3-13(12)16-7-10-8-17-18(9-10)4-5-19/h2-3,6,8-9,16,19H,4-5,7H2,1H3. The summed E-state index contributed by atoms with van der Waals surface area (Å²) in [6.45, 7) is 0.851. The Balaban J connectivity index is 2.10. The third kappa shape index (κ3) is 3.79. The minimum absolute atomic E-state index is 0.0129. The van der Waals surface area contributed by atoms with Crippen molar-refractivity contribution in [2.45, 2.75) is 13.1 Å². The minimum Gasteiger partial charge on any atom is -0.465 e. The zero-order valence-electron chi connectivity index (χ0n) is 11.5. The number of nitrogens with zero attached hydrogens (tertiary/aromatic N) is 2. The quantitative estimate of drug-likeness (QED) is 0.788. The van der Waals surface area contributed by atoms with Gasteiger partial charge in [-0.3, -0.25) is 4.68 Å². The lowest BCUT2D eigenvalue weighted by Gasteiger charge is -2.10. The van der Waals surface area contributed by atoms with Crippen LogP contribution in [0.25, 0.3) is 0 Å². The second-order valence-corrected chi connectivity index (χ2v) is 4.37. The third-order valence-corrected chi connectivity index (χ3v) is 2.89. The molecule has 1 heterocycles. The van der Waals surface area contributed by atoms with E-state index in [1.54, 1.807) is 17.1 Å². The number of aromatic nitrogens is 2. The summed E-state index contributed by atoms with van der Waals surface area (Å²) >= 11 is 0. The number of halogens is 1. The summed E-state index contributed by atoms with van der Waals surface area (Å²) in [5.41, 5.74) is 1.50. The van der Waals surface area contributed by atoms with Crippen LogP contribution in [0.4, 0.5) is 10.1 Å². The number of ether oxygens (including phenoxy) is 1. The van der Waals surface area contributed by atoms with Crippen molar-refractivity contribution in [2.75, 3.05) is 19.0 Å². The van der Waals surface area contributed by atoms with E-state index in [2.05, 4.69) is 15.2 Å². The summed E-state index contributed by atoms with van der Waals surface area (Å²) < 4.78 is 19.5. The number of hydrogen-bond donors (Lipinski definition) is 2. The maximum absolute atomic E-state index is 13.2. The summed E-state index contributed by atoms with van der Waals surface area (Å²) in [6, 6.07) is 3.88. The van der Waals surface area contributed by atoms with Gasteiger partial charge in [0.15, 0.2) is 0 Å². The van der Waals surface area contributed by atoms with E-state index in [9.17, 15) is 9.18 Å². The molecule has 112 valence electrons. The van der Waals surface area contributed by atoms with E-state index in [0.717, 1.165) is 11.6 Å². The maximum Gasteiger partial charge on any atom is 0.340 e. The molecule has 0 aliphatic heterocycles. The van der Waals surface area contributed by atoms with E-state index in [4.69, 9.17) is 5.11 Å². The Labute approximate surface area is 121 Å². The molecule has 1 aromatic carbocycles. The van der Waals surface area contributed by atoms with E-state index < -0.39 is 11.8 Å². The Hall–Kier alpha value is -2.41. The highest BCUT2D eigenvalue weighted by atomic mass is 19.1. The smallest absolute Gasteiger partial charge is 0.340 e. The van der Waals surface area contributed by atoms with Gasteiger partial charge in [0.25, 0.3) is 0 Å². The lowest BCUT2D eigenvalue weighted by Crippen LogP contribution is -2.08. The van der Waals surface area contributed by atoms with Crippen molar-refractivity contribution in [3.63, 3.8) is 0 Å². The number of carbonyl (C=O) groups is 1. The maximum atomic E-state index is 13.2. The van der Waals surface area contributed by atoms with Crippen LogP contribution in [-0.4, -0.2) is 34.6 Å². The molecule has 0 fully saturated rings. The summed E-state index contributed by atoms with van der Waals surface area (Å²) in [5, 5.41) is 15.9. The molecule has 0 spiro atoms. The Kier molecular flexibility index (Phi) is 4.89. The number of anilines is 1. The molecule has 7 heteroatoms. The van der Waals surface area contributed by atoms with Crippen LogP contribution >= 0.6 is 0 Å². The van der Waals surface area contributed by atoms with Gasteiger partial charge in [-0.15, -0.1) is 0 Å². The predicted octanol–water partition coefficient (Wildman–Crippen LogP) is 1.41. The number of benzene rings is 1. The summed E-state index contributed by atoms with van der Waals surface area (Å²) in [5.74, 6) is -1.11. The molecule has 0 saturated carbocycles. The monoisotopic (exact) mass is 293 g/mol. The van der Waals surface area contributed by atoms with Gasteiger partial charge >= 0.3 is 5.97 Å². The van der Waals surface area contributed by atoms with Crippen LogP contribution < -0.4 is 5.32 Å². The van der Waals surface area contributed by atoms with Crippen LogP contribution in [0.1, 0.15) is 15.9 Å². The second kappa shape index (κ2) is 6.85. The first-order chi connectivity index (χ1) is 10.1. The molecule has 0 amide bonds. The van der Waals surface area contributed by atoms with Gasteiger partial charge in [0.1, 0.15) is 5.82 Å². The van der Waals surface area contributed by atoms with Gasteiger partial charge in [-0.1, -0.05) is 0 Å². The van der Waals surface area contributed by atoms with Gasteiger partial charge in [-0.05, 0) is 18.2 Å². The fraction of sp³-hybridized carbons (Fsp3) is 0.286. The van der Waals surface area contributed by atoms with Gasteiger partial charge in [-0.25, -0.2) is 9.18 Å². The number of hydrogen-bond acceptors (Lipinski definition) is 5. The number of rotatable bonds is 6. The fourth-order valence-corrected chi connectivity index (χ4v) is 1.87. The summed E-state index contributed by atoms with van der Waals surface area (Å²) in [4.78, 5) is 11.6. The molecule has 0 unspecified atom stereocenters. The van der Waals surface area contributed by atoms with Crippen molar-refractivity contribution in [3.8, 4) is 0 Å². The number of nitrogens with one attached hydrogen (secondary N) is 1. The van der Waals surface area contributed by atoms with Gasteiger partial charge in [-0.2, -0.15) is 5.10 Å². The summed E-state index contributed by atoms with van der Waals surface area (Å²) in [6.07, 6.45) is 3.44. The fourth-order valence-electron chi connectivity index (χ4n) is 1.87. The van der Waals surface area contributed by atoms with Crippen molar-refractivity contribution < 1.29 is 19.0 Å². The highest BCUT2D eigenvalue weighted by molar-refractivity contribution is 5.95. The van der Waals surface area contributed by atoms with E-state index in [1.807, 2.05) is 0 Å². The number of aliphatic hydroxyl groups excluding tert-OH is 1. The zero-order valence-corrected chi connectivity index (χ0v) is 11.5. The van der Waals surface area contributed by atoms with Crippen molar-refractivity contribution in [1.82, 2.24) is 9.78 Å². The third-order valence-electron chi connectivity index (χ3n) is 2.89. The minimum atomic E-state index is -0.604. The van der Waals surface area contributed by atoms with E-state index >= 15 is 0 Å². The molecule has 0 bridgehead atoms. The van der Waals surface area contributed by atoms with Crippen molar-refractivity contribution in [3.05, 3.63) is 47.5 Å². The van der Waals surface area contributed by atoms with Crippen molar-refractivity contribution >= 4 is 11.7 Å². The van der Waals surface area contributed by atoms with E-state index in [0.29, 0.717) is 18.8 Å². The molecule has 1 aromatic heterocycles. The Bertz CT molecular complexity index is 628. The molecule has 2 N–H and O–H groups in total. The molecule has 0 saturated heterocycles. The average molecular weight is 293 g/mol. The van der Waals surface area contributed by atoms with Crippen LogP contribution in [0.2, 0.25) is 0 Å². The second-order valence-electron chi connectivity index (χ2n) is 4.37. The lowest BCUT2D eigenvalue weighted by molar-refractivity contribution is 0.0601. The van der Waals surface area contributed by atoms with Gasteiger partial charge in [0.2, 0.25) is 0 Å². The lowest BCUT2D eigenvalue weighted by atomic mass is 10.1. The van der Waals surface area contributed by atoms with Gasteiger partial charge < -0.3 is 15.2 Å². The molecule has 0 aliphatic carbocycles. The Morgan fingerprint density at radius 1 is 1.52 bits per heavy atom. The van der Waals surface area contributed by atoms with Crippen LogP contribution in [0, 0.1) is 5.82 Å². The summed E-state index contributed by atoms with van der Waals surface area (Å²) in [7, 11) is 1.25. The van der Waals surface area contributed by atoms with Gasteiger partial charge in [0.05, 0.1) is 32.0 Å². The predicted molar refractivity (Wildman–Crippen MR) is 74.4 cm³/mol. The molecular formula is C14H16FN3O3. The Morgan fingerprint density at radius 2 is 2.33 bits per heavy atom. The topological polar surface area (TPSA) is 76.4 Å². The first-order valence-corrected chi connectivity index (χ1v) is 6.38. The van der Waals surface area contributed by atoms with Crippen LogP contribution in [0.15, 0.2) is 30.6 Å². The molecule has 0 atom stereocenters. The zero-order chi connectivity index (χ0) is 15.2. The van der Waals surface area contributed by atoms with Crippen molar-refractivity contribution in [1.29, 1.82) is 0 Å². The number of esters is 1. The largest absolute Gasteiger partial charge is 0.465 e. The molecule has 2 aromatic rings. The SMILES string of the molecule is COC(=O)c1cc(F)ccc1NCc1cnn(CCO)c1.